The van der Waals surface area contributed by atoms with Crippen LogP contribution in [0.5, 0.6) is 0 Å². The van der Waals surface area contributed by atoms with Gasteiger partial charge in [-0.25, -0.2) is 0 Å². The Morgan fingerprint density at radius 3 is 2.50 bits per heavy atom. The minimum Gasteiger partial charge on any atom is -0.374 e. The lowest BCUT2D eigenvalue weighted by atomic mass is 9.72. The Morgan fingerprint density at radius 2 is 1.94 bits per heavy atom. The van der Waals surface area contributed by atoms with Gasteiger partial charge in [-0.1, -0.05) is 26.7 Å². The monoisotopic (exact) mass is 253 g/mol. The van der Waals surface area contributed by atoms with Crippen molar-refractivity contribution in [2.45, 2.75) is 77.4 Å². The maximum absolute atomic E-state index is 6.20. The zero-order valence-corrected chi connectivity index (χ0v) is 12.5. The predicted molar refractivity (Wildman–Crippen MR) is 76.8 cm³/mol. The van der Waals surface area contributed by atoms with Crippen molar-refractivity contribution in [3.63, 3.8) is 0 Å². The Morgan fingerprint density at radius 1 is 1.22 bits per heavy atom. The van der Waals surface area contributed by atoms with E-state index in [-0.39, 0.29) is 5.60 Å². The van der Waals surface area contributed by atoms with E-state index >= 15 is 0 Å². The smallest absolute Gasteiger partial charge is 0.0809 e. The number of hydrogen-bond acceptors (Lipinski definition) is 2. The molecule has 0 aromatic heterocycles. The topological polar surface area (TPSA) is 21.3 Å². The van der Waals surface area contributed by atoms with Gasteiger partial charge in [0.25, 0.3) is 0 Å². The second kappa shape index (κ2) is 6.38. The molecule has 1 aliphatic heterocycles. The van der Waals surface area contributed by atoms with Crippen molar-refractivity contribution in [1.29, 1.82) is 0 Å². The van der Waals surface area contributed by atoms with E-state index in [2.05, 4.69) is 26.1 Å². The molecular weight excluding hydrogens is 222 g/mol. The maximum Gasteiger partial charge on any atom is 0.0809 e. The average molecular weight is 253 g/mol. The first-order chi connectivity index (χ1) is 8.65. The molecule has 0 bridgehead atoms. The molecule has 1 saturated heterocycles. The summed E-state index contributed by atoms with van der Waals surface area (Å²) in [4.78, 5) is 0. The molecule has 0 amide bonds. The van der Waals surface area contributed by atoms with Gasteiger partial charge in [-0.2, -0.15) is 0 Å². The van der Waals surface area contributed by atoms with Crippen LogP contribution in [-0.4, -0.2) is 24.8 Å². The zero-order valence-electron chi connectivity index (χ0n) is 12.5. The standard InChI is InChI=1S/C16H31NO/c1-4-17-15(14-9-7-13(2)8-10-14)16(3)11-5-6-12-18-16/h13-15,17H,4-12H2,1-3H3. The summed E-state index contributed by atoms with van der Waals surface area (Å²) in [6, 6.07) is 0.565. The highest BCUT2D eigenvalue weighted by molar-refractivity contribution is 4.96. The maximum atomic E-state index is 6.20. The van der Waals surface area contributed by atoms with Crippen molar-refractivity contribution in [2.24, 2.45) is 11.8 Å². The summed E-state index contributed by atoms with van der Waals surface area (Å²) >= 11 is 0. The molecule has 18 heavy (non-hydrogen) atoms. The number of rotatable bonds is 4. The lowest BCUT2D eigenvalue weighted by molar-refractivity contribution is -0.104. The fourth-order valence-corrected chi connectivity index (χ4v) is 3.92. The first kappa shape index (κ1) is 14.3. The lowest BCUT2D eigenvalue weighted by Crippen LogP contribution is -2.56. The fraction of sp³-hybridized carbons (Fsp3) is 1.00. The molecule has 0 aromatic carbocycles. The van der Waals surface area contributed by atoms with Crippen LogP contribution in [0.25, 0.3) is 0 Å². The zero-order chi connectivity index (χ0) is 13.0. The van der Waals surface area contributed by atoms with E-state index in [1.165, 1.54) is 44.9 Å². The molecule has 2 unspecified atom stereocenters. The van der Waals surface area contributed by atoms with Crippen LogP contribution in [0.4, 0.5) is 0 Å². The van der Waals surface area contributed by atoms with Gasteiger partial charge in [0.15, 0.2) is 0 Å². The molecule has 2 nitrogen and oxygen atoms in total. The number of nitrogens with one attached hydrogen (secondary N) is 1. The number of hydrogen-bond donors (Lipinski definition) is 1. The highest BCUT2D eigenvalue weighted by atomic mass is 16.5. The van der Waals surface area contributed by atoms with Gasteiger partial charge in [0.1, 0.15) is 0 Å². The van der Waals surface area contributed by atoms with Gasteiger partial charge in [-0.15, -0.1) is 0 Å². The van der Waals surface area contributed by atoms with Gasteiger partial charge in [0.05, 0.1) is 5.60 Å². The van der Waals surface area contributed by atoms with E-state index in [0.29, 0.717) is 6.04 Å². The first-order valence-electron chi connectivity index (χ1n) is 8.03. The third-order valence-corrected chi connectivity index (χ3v) is 5.11. The first-order valence-corrected chi connectivity index (χ1v) is 8.03. The summed E-state index contributed by atoms with van der Waals surface area (Å²) in [6.07, 6.45) is 9.40. The Labute approximate surface area is 113 Å². The molecular formula is C16H31NO. The van der Waals surface area contributed by atoms with E-state index in [1.807, 2.05) is 0 Å². The van der Waals surface area contributed by atoms with Gasteiger partial charge in [-0.3, -0.25) is 0 Å². The predicted octanol–water partition coefficient (Wildman–Crippen LogP) is 3.75. The molecule has 0 spiro atoms. The third-order valence-electron chi connectivity index (χ3n) is 5.11. The van der Waals surface area contributed by atoms with Crippen LogP contribution in [0.3, 0.4) is 0 Å². The summed E-state index contributed by atoms with van der Waals surface area (Å²) in [5.41, 5.74) is 0.0828. The summed E-state index contributed by atoms with van der Waals surface area (Å²) in [7, 11) is 0. The molecule has 1 heterocycles. The van der Waals surface area contributed by atoms with Gasteiger partial charge in [0, 0.05) is 12.6 Å². The van der Waals surface area contributed by atoms with E-state index in [4.69, 9.17) is 4.74 Å². The molecule has 2 atom stereocenters. The van der Waals surface area contributed by atoms with E-state index in [9.17, 15) is 0 Å². The largest absolute Gasteiger partial charge is 0.374 e. The van der Waals surface area contributed by atoms with E-state index in [1.54, 1.807) is 0 Å². The molecule has 0 radical (unpaired) electrons. The van der Waals surface area contributed by atoms with Gasteiger partial charge < -0.3 is 10.1 Å². The van der Waals surface area contributed by atoms with Crippen molar-refractivity contribution in [3.05, 3.63) is 0 Å². The second-order valence-corrected chi connectivity index (χ2v) is 6.67. The summed E-state index contributed by atoms with van der Waals surface area (Å²) in [5, 5.41) is 3.75. The highest BCUT2D eigenvalue weighted by Crippen LogP contribution is 2.38. The normalized spacial score (nSPS) is 39.5. The van der Waals surface area contributed by atoms with E-state index < -0.39 is 0 Å². The van der Waals surface area contributed by atoms with Crippen molar-refractivity contribution in [3.8, 4) is 0 Å². The minimum absolute atomic E-state index is 0.0828. The highest BCUT2D eigenvalue weighted by Gasteiger charge is 2.41. The van der Waals surface area contributed by atoms with Gasteiger partial charge in [-0.05, 0) is 57.4 Å². The molecule has 1 aliphatic carbocycles. The van der Waals surface area contributed by atoms with Gasteiger partial charge >= 0.3 is 0 Å². The second-order valence-electron chi connectivity index (χ2n) is 6.67. The Kier molecular flexibility index (Phi) is 5.08. The molecule has 0 aromatic rings. The van der Waals surface area contributed by atoms with Crippen LogP contribution < -0.4 is 5.32 Å². The summed E-state index contributed by atoms with van der Waals surface area (Å²) in [5.74, 6) is 1.76. The average Bonchev–Trinajstić information content (AvgIpc) is 2.38. The van der Waals surface area contributed by atoms with Crippen molar-refractivity contribution >= 4 is 0 Å². The fourth-order valence-electron chi connectivity index (χ4n) is 3.92. The van der Waals surface area contributed by atoms with Crippen LogP contribution in [0, 0.1) is 11.8 Å². The third kappa shape index (κ3) is 3.27. The Hall–Kier alpha value is -0.0800. The molecule has 1 N–H and O–H groups in total. The van der Waals surface area contributed by atoms with Gasteiger partial charge in [0.2, 0.25) is 0 Å². The number of likely N-dealkylation sites (N-methyl/N-ethyl adjacent to an activating group) is 1. The van der Waals surface area contributed by atoms with E-state index in [0.717, 1.165) is 25.0 Å². The number of ether oxygens (including phenoxy) is 1. The van der Waals surface area contributed by atoms with Crippen molar-refractivity contribution < 1.29 is 4.74 Å². The summed E-state index contributed by atoms with van der Waals surface area (Å²) < 4.78 is 6.20. The van der Waals surface area contributed by atoms with Crippen LogP contribution in [0.1, 0.15) is 65.7 Å². The molecule has 106 valence electrons. The molecule has 1 saturated carbocycles. The van der Waals surface area contributed by atoms with Crippen LogP contribution in [-0.2, 0) is 4.74 Å². The molecule has 2 fully saturated rings. The SMILES string of the molecule is CCNC(C1CCC(C)CC1)C1(C)CCCCO1. The quantitative estimate of drug-likeness (QED) is 0.824. The Bertz CT molecular complexity index is 239. The van der Waals surface area contributed by atoms with Crippen molar-refractivity contribution in [2.75, 3.05) is 13.2 Å². The van der Waals surface area contributed by atoms with Crippen LogP contribution in [0.15, 0.2) is 0 Å². The van der Waals surface area contributed by atoms with Crippen LogP contribution in [0.2, 0.25) is 0 Å². The van der Waals surface area contributed by atoms with Crippen LogP contribution >= 0.6 is 0 Å². The molecule has 2 rings (SSSR count). The minimum atomic E-state index is 0.0828. The lowest BCUT2D eigenvalue weighted by Gasteiger charge is -2.46. The molecule has 2 aliphatic rings. The van der Waals surface area contributed by atoms with Crippen molar-refractivity contribution in [1.82, 2.24) is 5.32 Å². The Balaban J connectivity index is 2.02. The molecule has 2 heteroatoms. The summed E-state index contributed by atoms with van der Waals surface area (Å²) in [6.45, 7) is 9.00.